The van der Waals surface area contributed by atoms with Gasteiger partial charge < -0.3 is 10.6 Å². The molecule has 0 aliphatic heterocycles. The van der Waals surface area contributed by atoms with Crippen LogP contribution in [0.15, 0.2) is 59.1 Å². The van der Waals surface area contributed by atoms with Crippen LogP contribution in [-0.2, 0) is 11.0 Å². The van der Waals surface area contributed by atoms with Gasteiger partial charge in [-0.15, -0.1) is 23.2 Å². The van der Waals surface area contributed by atoms with E-state index in [1.54, 1.807) is 0 Å². The summed E-state index contributed by atoms with van der Waals surface area (Å²) in [5.41, 5.74) is -1.61. The maximum atomic E-state index is 13.9. The van der Waals surface area contributed by atoms with Gasteiger partial charge in [-0.05, 0) is 55.0 Å². The van der Waals surface area contributed by atoms with Crippen LogP contribution in [-0.4, -0.2) is 16.1 Å². The highest BCUT2D eigenvalue weighted by molar-refractivity contribution is 9.10. The van der Waals surface area contributed by atoms with Crippen molar-refractivity contribution in [3.8, 4) is 0 Å². The van der Waals surface area contributed by atoms with Crippen LogP contribution in [0.5, 0.6) is 0 Å². The number of halogens is 9. The van der Waals surface area contributed by atoms with Crippen LogP contribution < -0.4 is 10.6 Å². The number of nitrogens with one attached hydrogen (secondary N) is 2. The molecule has 2 N–H and O–H groups in total. The van der Waals surface area contributed by atoms with Crippen molar-refractivity contribution in [2.24, 2.45) is 0 Å². The summed E-state index contributed by atoms with van der Waals surface area (Å²) in [7, 11) is 0. The summed E-state index contributed by atoms with van der Waals surface area (Å²) in [4.78, 5) is 25.8. The Morgan fingerprint density at radius 3 is 2.22 bits per heavy atom. The van der Waals surface area contributed by atoms with Gasteiger partial charge in [0.2, 0.25) is 5.91 Å². The highest BCUT2D eigenvalue weighted by atomic mass is 79.9. The zero-order chi connectivity index (χ0) is 27.7. The first kappa shape index (κ1) is 29.2. The lowest BCUT2D eigenvalue weighted by Gasteiger charge is -2.27. The van der Waals surface area contributed by atoms with Gasteiger partial charge in [-0.3, -0.25) is 9.59 Å². The van der Waals surface area contributed by atoms with Crippen molar-refractivity contribution in [2.45, 2.75) is 23.4 Å². The van der Waals surface area contributed by atoms with Crippen molar-refractivity contribution in [1.82, 2.24) is 0 Å². The molecular formula is C24H15BrCl3F5N2O2. The highest BCUT2D eigenvalue weighted by Crippen LogP contribution is 2.42. The number of carbonyl (C=O) groups is 2. The Kier molecular flexibility index (Phi) is 8.78. The molecule has 0 radical (unpaired) electrons. The molecule has 1 atom stereocenters. The van der Waals surface area contributed by atoms with Crippen LogP contribution in [0, 0.1) is 11.6 Å². The average Bonchev–Trinajstić information content (AvgIpc) is 2.76. The molecule has 0 aliphatic carbocycles. The number of benzene rings is 3. The van der Waals surface area contributed by atoms with Gasteiger partial charge >= 0.3 is 6.18 Å². The molecule has 0 aromatic heterocycles. The summed E-state index contributed by atoms with van der Waals surface area (Å²) in [5, 5.41) is 4.65. The fourth-order valence-corrected chi connectivity index (χ4v) is 4.51. The average molecular weight is 645 g/mol. The summed E-state index contributed by atoms with van der Waals surface area (Å²) in [6.07, 6.45) is -4.71. The number of carbonyl (C=O) groups excluding carboxylic acids is 2. The molecule has 0 saturated heterocycles. The molecule has 3 rings (SSSR count). The molecule has 0 spiro atoms. The second kappa shape index (κ2) is 11.1. The monoisotopic (exact) mass is 642 g/mol. The Morgan fingerprint density at radius 1 is 0.946 bits per heavy atom. The standard InChI is InChI=1S/C24H15BrCl3F5N2O2/c1-23(27,28)20(11-2-5-16(25)15(8-11)24(31,32)33)22(37)34-13-4-6-17(26)14(10-13)21(36)35-19-7-3-12(29)9-18(19)30/h2-10,20H,1H3,(H,34,37)(H,35,36). The van der Waals surface area contributed by atoms with E-state index in [1.165, 1.54) is 25.1 Å². The number of anilines is 2. The molecule has 0 aliphatic rings. The van der Waals surface area contributed by atoms with Gasteiger partial charge in [0.05, 0.1) is 27.8 Å². The van der Waals surface area contributed by atoms with Crippen LogP contribution in [0.4, 0.5) is 33.3 Å². The molecule has 196 valence electrons. The lowest BCUT2D eigenvalue weighted by atomic mass is 9.93. The lowest BCUT2D eigenvalue weighted by molar-refractivity contribution is -0.138. The number of alkyl halides is 5. The van der Waals surface area contributed by atoms with Gasteiger partial charge in [0.1, 0.15) is 16.0 Å². The summed E-state index contributed by atoms with van der Waals surface area (Å²) in [5.74, 6) is -5.07. The molecule has 3 aromatic carbocycles. The Labute approximate surface area is 231 Å². The summed E-state index contributed by atoms with van der Waals surface area (Å²) in [6, 6.07) is 9.45. The Balaban J connectivity index is 1.91. The van der Waals surface area contributed by atoms with E-state index in [1.807, 2.05) is 0 Å². The van der Waals surface area contributed by atoms with Crippen molar-refractivity contribution < 1.29 is 31.5 Å². The van der Waals surface area contributed by atoms with E-state index >= 15 is 0 Å². The van der Waals surface area contributed by atoms with Crippen molar-refractivity contribution >= 4 is 73.9 Å². The fraction of sp³-hybridized carbons (Fsp3) is 0.167. The van der Waals surface area contributed by atoms with E-state index in [0.717, 1.165) is 30.3 Å². The molecule has 37 heavy (non-hydrogen) atoms. The molecule has 3 aromatic rings. The number of amides is 2. The Hall–Kier alpha value is -2.40. The van der Waals surface area contributed by atoms with E-state index < -0.39 is 45.4 Å². The first-order chi connectivity index (χ1) is 17.1. The van der Waals surface area contributed by atoms with Crippen LogP contribution in [0.3, 0.4) is 0 Å². The minimum atomic E-state index is -4.71. The lowest BCUT2D eigenvalue weighted by Crippen LogP contribution is -2.32. The molecule has 0 bridgehead atoms. The molecule has 2 amide bonds. The maximum absolute atomic E-state index is 13.9. The van der Waals surface area contributed by atoms with E-state index in [-0.39, 0.29) is 32.0 Å². The minimum Gasteiger partial charge on any atom is -0.325 e. The van der Waals surface area contributed by atoms with Crippen molar-refractivity contribution in [1.29, 1.82) is 0 Å². The molecule has 1 unspecified atom stereocenters. The summed E-state index contributed by atoms with van der Waals surface area (Å²) < 4.78 is 65.2. The van der Waals surface area contributed by atoms with Gasteiger partial charge in [0.15, 0.2) is 0 Å². The molecule has 0 fully saturated rings. The largest absolute Gasteiger partial charge is 0.417 e. The highest BCUT2D eigenvalue weighted by Gasteiger charge is 2.40. The van der Waals surface area contributed by atoms with Crippen molar-refractivity contribution in [3.63, 3.8) is 0 Å². The molecule has 4 nitrogen and oxygen atoms in total. The van der Waals surface area contributed by atoms with E-state index in [2.05, 4.69) is 26.6 Å². The van der Waals surface area contributed by atoms with Crippen LogP contribution >= 0.6 is 50.7 Å². The van der Waals surface area contributed by atoms with Gasteiger partial charge in [-0.25, -0.2) is 8.78 Å². The first-order valence-electron chi connectivity index (χ1n) is 10.2. The van der Waals surface area contributed by atoms with Crippen LogP contribution in [0.25, 0.3) is 0 Å². The van der Waals surface area contributed by atoms with E-state index in [9.17, 15) is 31.5 Å². The molecular weight excluding hydrogens is 630 g/mol. The predicted octanol–water partition coefficient (Wildman–Crippen LogP) is 8.57. The Morgan fingerprint density at radius 2 is 1.62 bits per heavy atom. The van der Waals surface area contributed by atoms with Crippen molar-refractivity contribution in [2.75, 3.05) is 10.6 Å². The Bertz CT molecular complexity index is 1360. The quantitative estimate of drug-likeness (QED) is 0.209. The molecule has 13 heteroatoms. The number of hydrogen-bond donors (Lipinski definition) is 2. The molecule has 0 saturated carbocycles. The van der Waals surface area contributed by atoms with Gasteiger partial charge in [-0.1, -0.05) is 33.6 Å². The van der Waals surface area contributed by atoms with E-state index in [0.29, 0.717) is 6.07 Å². The zero-order valence-corrected chi connectivity index (χ0v) is 22.3. The smallest absolute Gasteiger partial charge is 0.325 e. The van der Waals surface area contributed by atoms with Gasteiger partial charge in [0.25, 0.3) is 5.91 Å². The third kappa shape index (κ3) is 7.13. The van der Waals surface area contributed by atoms with Gasteiger partial charge in [-0.2, -0.15) is 13.2 Å². The predicted molar refractivity (Wildman–Crippen MR) is 136 cm³/mol. The van der Waals surface area contributed by atoms with Crippen LogP contribution in [0.1, 0.15) is 34.3 Å². The SMILES string of the molecule is CC(Cl)(Cl)C(C(=O)Nc1ccc(Cl)c(C(=O)Nc2ccc(F)cc2F)c1)c1ccc(Br)c(C(F)(F)F)c1. The molecule has 0 heterocycles. The summed E-state index contributed by atoms with van der Waals surface area (Å²) >= 11 is 21.3. The minimum absolute atomic E-state index is 0.0230. The normalized spacial score (nSPS) is 12.7. The van der Waals surface area contributed by atoms with E-state index in [4.69, 9.17) is 34.8 Å². The van der Waals surface area contributed by atoms with Crippen LogP contribution in [0.2, 0.25) is 5.02 Å². The fourth-order valence-electron chi connectivity index (χ4n) is 3.39. The second-order valence-corrected chi connectivity index (χ2v) is 10.9. The second-order valence-electron chi connectivity index (χ2n) is 7.89. The third-order valence-electron chi connectivity index (χ3n) is 5.06. The van der Waals surface area contributed by atoms with Crippen molar-refractivity contribution in [3.05, 3.63) is 92.4 Å². The number of hydrogen-bond acceptors (Lipinski definition) is 2. The summed E-state index contributed by atoms with van der Waals surface area (Å²) in [6.45, 7) is 1.24. The maximum Gasteiger partial charge on any atom is 0.417 e. The first-order valence-corrected chi connectivity index (χ1v) is 12.1. The number of rotatable bonds is 6. The topological polar surface area (TPSA) is 58.2 Å². The third-order valence-corrected chi connectivity index (χ3v) is 6.51. The zero-order valence-electron chi connectivity index (χ0n) is 18.5. The van der Waals surface area contributed by atoms with Gasteiger partial charge in [0, 0.05) is 16.2 Å².